The lowest BCUT2D eigenvalue weighted by Gasteiger charge is -2.37. The molecule has 3 atom stereocenters. The van der Waals surface area contributed by atoms with Gasteiger partial charge in [0.15, 0.2) is 0 Å². The molecule has 31 heavy (non-hydrogen) atoms. The third-order valence-electron chi connectivity index (χ3n) is 5.46. The number of nitrogens with zero attached hydrogens (tertiary/aromatic N) is 5. The van der Waals surface area contributed by atoms with Crippen LogP contribution in [0.25, 0.3) is 6.08 Å². The highest BCUT2D eigenvalue weighted by atomic mass is 16.5. The molecule has 8 nitrogen and oxygen atoms in total. The van der Waals surface area contributed by atoms with Gasteiger partial charge in [0.2, 0.25) is 5.88 Å². The van der Waals surface area contributed by atoms with E-state index in [1.807, 2.05) is 33.0 Å². The lowest BCUT2D eigenvalue weighted by Crippen LogP contribution is -2.49. The molecule has 166 valence electrons. The van der Waals surface area contributed by atoms with Crippen molar-refractivity contribution in [1.29, 1.82) is 0 Å². The lowest BCUT2D eigenvalue weighted by molar-refractivity contribution is 0.0325. The minimum Gasteiger partial charge on any atom is -0.472 e. The summed E-state index contributed by atoms with van der Waals surface area (Å²) in [5.41, 5.74) is 2.27. The van der Waals surface area contributed by atoms with Crippen molar-refractivity contribution in [2.75, 3.05) is 26.7 Å². The Morgan fingerprint density at radius 2 is 2.10 bits per heavy atom. The van der Waals surface area contributed by atoms with E-state index in [2.05, 4.69) is 26.8 Å². The van der Waals surface area contributed by atoms with Crippen LogP contribution in [0.15, 0.2) is 37.1 Å². The number of fused-ring (bicyclic) bond motifs is 1. The molecule has 0 saturated heterocycles. The number of aliphatic hydroxyl groups excluding tert-OH is 1. The predicted molar refractivity (Wildman–Crippen MR) is 118 cm³/mol. The molecule has 0 radical (unpaired) electrons. The third kappa shape index (κ3) is 5.65. The van der Waals surface area contributed by atoms with Crippen LogP contribution in [0.1, 0.15) is 42.3 Å². The van der Waals surface area contributed by atoms with Gasteiger partial charge >= 0.3 is 0 Å². The van der Waals surface area contributed by atoms with Gasteiger partial charge in [-0.15, -0.1) is 0 Å². The molecule has 2 aromatic rings. The summed E-state index contributed by atoms with van der Waals surface area (Å²) in [6.45, 7) is 7.55. The van der Waals surface area contributed by atoms with Gasteiger partial charge in [0.1, 0.15) is 18.0 Å². The number of carbonyl (C=O) groups excluding carboxylic acids is 1. The monoisotopic (exact) mass is 425 g/mol. The van der Waals surface area contributed by atoms with E-state index in [-0.39, 0.29) is 30.6 Å². The number of pyridine rings is 1. The second-order valence-corrected chi connectivity index (χ2v) is 8.19. The molecule has 3 rings (SSSR count). The number of allylic oxidation sites excluding steroid dienone is 1. The standard InChI is InChI=1S/C23H31N5O3/c1-5-6-18-7-20-22(26-10-18)31-21(13-27(4)12-19-8-24-15-25-9-19)16(2)11-28(23(20)30)17(3)14-29/h5-10,15-17,21,29H,11-14H2,1-4H3/b6-5+/t16-,17-,21-/m1/s1. The number of likely N-dealkylation sites (N-methyl/N-ethyl adjacent to an activating group) is 1. The van der Waals surface area contributed by atoms with Gasteiger partial charge < -0.3 is 14.7 Å². The molecular weight excluding hydrogens is 394 g/mol. The summed E-state index contributed by atoms with van der Waals surface area (Å²) in [6, 6.07) is 1.51. The first kappa shape index (κ1) is 22.8. The van der Waals surface area contributed by atoms with E-state index in [9.17, 15) is 9.90 Å². The molecular formula is C23H31N5O3. The SMILES string of the molecule is C/C=C/c1cnc2c(c1)C(=O)N([C@H](C)CO)C[C@@H](C)[C@@H](CN(C)Cc1cncnc1)O2. The molecule has 3 heterocycles. The van der Waals surface area contributed by atoms with Crippen LogP contribution in [0.3, 0.4) is 0 Å². The minimum atomic E-state index is -0.300. The van der Waals surface area contributed by atoms with Gasteiger partial charge in [0.25, 0.3) is 5.91 Å². The van der Waals surface area contributed by atoms with Crippen LogP contribution in [0.2, 0.25) is 0 Å². The van der Waals surface area contributed by atoms with Crippen LogP contribution in [-0.4, -0.2) is 74.7 Å². The number of amides is 1. The fourth-order valence-electron chi connectivity index (χ4n) is 3.71. The largest absolute Gasteiger partial charge is 0.472 e. The molecule has 0 spiro atoms. The van der Waals surface area contributed by atoms with Gasteiger partial charge in [0.05, 0.1) is 12.6 Å². The number of ether oxygens (including phenoxy) is 1. The van der Waals surface area contributed by atoms with E-state index in [1.54, 1.807) is 29.6 Å². The highest BCUT2D eigenvalue weighted by molar-refractivity contribution is 5.97. The van der Waals surface area contributed by atoms with Gasteiger partial charge in [-0.05, 0) is 32.5 Å². The predicted octanol–water partition coefficient (Wildman–Crippen LogP) is 2.26. The summed E-state index contributed by atoms with van der Waals surface area (Å²) >= 11 is 0. The zero-order valence-electron chi connectivity index (χ0n) is 18.6. The molecule has 0 unspecified atom stereocenters. The van der Waals surface area contributed by atoms with Crippen molar-refractivity contribution in [2.45, 2.75) is 39.5 Å². The van der Waals surface area contributed by atoms with Crippen LogP contribution in [-0.2, 0) is 6.54 Å². The molecule has 0 fully saturated rings. The Labute approximate surface area is 183 Å². The summed E-state index contributed by atoms with van der Waals surface area (Å²) in [5, 5.41) is 9.74. The first-order valence-electron chi connectivity index (χ1n) is 10.6. The van der Waals surface area contributed by atoms with E-state index in [1.165, 1.54) is 6.33 Å². The van der Waals surface area contributed by atoms with Crippen molar-refractivity contribution in [3.63, 3.8) is 0 Å². The molecule has 0 aliphatic carbocycles. The third-order valence-corrected chi connectivity index (χ3v) is 5.46. The maximum atomic E-state index is 13.3. The van der Waals surface area contributed by atoms with E-state index in [0.717, 1.165) is 11.1 Å². The summed E-state index contributed by atoms with van der Waals surface area (Å²) in [5.74, 6) is 0.203. The molecule has 0 bridgehead atoms. The summed E-state index contributed by atoms with van der Waals surface area (Å²) < 4.78 is 6.30. The molecule has 1 aliphatic rings. The number of aromatic nitrogens is 3. The highest BCUT2D eigenvalue weighted by Crippen LogP contribution is 2.27. The fraction of sp³-hybridized carbons (Fsp3) is 0.478. The van der Waals surface area contributed by atoms with E-state index < -0.39 is 0 Å². The quantitative estimate of drug-likeness (QED) is 0.727. The Morgan fingerprint density at radius 3 is 2.77 bits per heavy atom. The number of rotatable bonds is 7. The molecule has 8 heteroatoms. The first-order chi connectivity index (χ1) is 14.9. The fourth-order valence-corrected chi connectivity index (χ4v) is 3.71. The van der Waals surface area contributed by atoms with Gasteiger partial charge in [-0.25, -0.2) is 15.0 Å². The van der Waals surface area contributed by atoms with Gasteiger partial charge in [-0.1, -0.05) is 19.1 Å². The Bertz CT molecular complexity index is 905. The van der Waals surface area contributed by atoms with Crippen LogP contribution in [0, 0.1) is 5.92 Å². The first-order valence-corrected chi connectivity index (χ1v) is 10.6. The van der Waals surface area contributed by atoms with E-state index in [0.29, 0.717) is 31.1 Å². The van der Waals surface area contributed by atoms with Gasteiger partial charge in [-0.2, -0.15) is 0 Å². The number of hydrogen-bond acceptors (Lipinski definition) is 7. The van der Waals surface area contributed by atoms with Crippen LogP contribution < -0.4 is 4.74 Å². The van der Waals surface area contributed by atoms with Crippen molar-refractivity contribution in [1.82, 2.24) is 24.8 Å². The molecule has 0 aromatic carbocycles. The zero-order valence-corrected chi connectivity index (χ0v) is 18.6. The molecule has 1 aliphatic heterocycles. The van der Waals surface area contributed by atoms with E-state index >= 15 is 0 Å². The van der Waals surface area contributed by atoms with Crippen molar-refractivity contribution < 1.29 is 14.6 Å². The number of carbonyl (C=O) groups is 1. The maximum absolute atomic E-state index is 13.3. The van der Waals surface area contributed by atoms with Crippen molar-refractivity contribution >= 4 is 12.0 Å². The number of aliphatic hydroxyl groups is 1. The lowest BCUT2D eigenvalue weighted by atomic mass is 9.99. The Kier molecular flexibility index (Phi) is 7.70. The van der Waals surface area contributed by atoms with Crippen molar-refractivity contribution in [2.24, 2.45) is 5.92 Å². The second kappa shape index (κ2) is 10.5. The topological polar surface area (TPSA) is 91.7 Å². The minimum absolute atomic E-state index is 0.0394. The average Bonchev–Trinajstić information content (AvgIpc) is 2.77. The Balaban J connectivity index is 1.89. The zero-order chi connectivity index (χ0) is 22.4. The summed E-state index contributed by atoms with van der Waals surface area (Å²) in [7, 11) is 2.02. The smallest absolute Gasteiger partial charge is 0.259 e. The number of hydrogen-bond donors (Lipinski definition) is 1. The van der Waals surface area contributed by atoms with Crippen molar-refractivity contribution in [3.05, 3.63) is 53.8 Å². The molecule has 1 amide bonds. The normalized spacial score (nSPS) is 20.3. The molecule has 2 aromatic heterocycles. The van der Waals surface area contributed by atoms with Crippen molar-refractivity contribution in [3.8, 4) is 5.88 Å². The highest BCUT2D eigenvalue weighted by Gasteiger charge is 2.34. The van der Waals surface area contributed by atoms with Gasteiger partial charge in [0, 0.05) is 49.7 Å². The maximum Gasteiger partial charge on any atom is 0.259 e. The average molecular weight is 426 g/mol. The Morgan fingerprint density at radius 1 is 1.35 bits per heavy atom. The Hall–Kier alpha value is -2.84. The van der Waals surface area contributed by atoms with Gasteiger partial charge in [-0.3, -0.25) is 9.69 Å². The van der Waals surface area contributed by atoms with Crippen LogP contribution in [0.5, 0.6) is 5.88 Å². The van der Waals surface area contributed by atoms with Crippen LogP contribution in [0.4, 0.5) is 0 Å². The second-order valence-electron chi connectivity index (χ2n) is 8.19. The molecule has 1 N–H and O–H groups in total. The summed E-state index contributed by atoms with van der Waals surface area (Å²) in [6.07, 6.45) is 10.4. The van der Waals surface area contributed by atoms with Crippen LogP contribution >= 0.6 is 0 Å². The van der Waals surface area contributed by atoms with E-state index in [4.69, 9.17) is 4.74 Å². The summed E-state index contributed by atoms with van der Waals surface area (Å²) in [4.78, 5) is 29.8. The molecule has 0 saturated carbocycles.